The molecule has 0 fully saturated rings. The first-order valence-electron chi connectivity index (χ1n) is 5.33. The minimum Gasteiger partial charge on any atom is -0.383 e. The summed E-state index contributed by atoms with van der Waals surface area (Å²) in [6.45, 7) is 8.67. The van der Waals surface area contributed by atoms with Crippen molar-refractivity contribution in [3.05, 3.63) is 23.9 Å². The van der Waals surface area contributed by atoms with Crippen LogP contribution >= 0.6 is 0 Å². The number of hydrogen-bond acceptors (Lipinski definition) is 1. The number of nitrogens with one attached hydrogen (secondary N) is 1. The summed E-state index contributed by atoms with van der Waals surface area (Å²) in [7, 11) is 0. The lowest BCUT2D eigenvalue weighted by Gasteiger charge is -2.14. The quantitative estimate of drug-likeness (QED) is 0.617. The van der Waals surface area contributed by atoms with Crippen LogP contribution < -0.4 is 5.32 Å². The van der Waals surface area contributed by atoms with Gasteiger partial charge in [0, 0.05) is 11.7 Å². The molecule has 0 aliphatic heterocycles. The fourth-order valence-electron chi connectivity index (χ4n) is 1.26. The van der Waals surface area contributed by atoms with E-state index in [0.29, 0.717) is 6.04 Å². The summed E-state index contributed by atoms with van der Waals surface area (Å²) in [5.74, 6) is 0. The van der Waals surface area contributed by atoms with Crippen molar-refractivity contribution in [2.45, 2.75) is 53.0 Å². The average Bonchev–Trinajstić information content (AvgIpc) is 2.12. The van der Waals surface area contributed by atoms with Crippen LogP contribution in [-0.2, 0) is 0 Å². The molecule has 1 unspecified atom stereocenters. The molecule has 0 spiro atoms. The van der Waals surface area contributed by atoms with E-state index in [4.69, 9.17) is 0 Å². The summed E-state index contributed by atoms with van der Waals surface area (Å²) in [5, 5.41) is 3.48. The monoisotopic (exact) mass is 181 g/mol. The van der Waals surface area contributed by atoms with Crippen LogP contribution in [-0.4, -0.2) is 6.04 Å². The third-order valence-electron chi connectivity index (χ3n) is 1.98. The van der Waals surface area contributed by atoms with Gasteiger partial charge in [-0.1, -0.05) is 32.4 Å². The number of rotatable bonds is 6. The van der Waals surface area contributed by atoms with Crippen molar-refractivity contribution in [2.75, 3.05) is 0 Å². The first-order chi connectivity index (χ1) is 6.24. The maximum absolute atomic E-state index is 3.48. The van der Waals surface area contributed by atoms with Gasteiger partial charge in [0.05, 0.1) is 0 Å². The summed E-state index contributed by atoms with van der Waals surface area (Å²) in [4.78, 5) is 0. The lowest BCUT2D eigenvalue weighted by Crippen LogP contribution is -2.24. The SMILES string of the molecule is C/C=C(\C=C/CC)NC(C)CCC. The minimum atomic E-state index is 0.581. The molecule has 0 radical (unpaired) electrons. The molecule has 0 aromatic heterocycles. The minimum absolute atomic E-state index is 0.581. The standard InChI is InChI=1S/C12H23N/c1-5-8-10-12(7-3)13-11(4)9-6-2/h7-8,10-11,13H,5-6,9H2,1-4H3/b10-8-,12-7+. The second-order valence-corrected chi connectivity index (χ2v) is 3.39. The molecule has 1 atom stereocenters. The van der Waals surface area contributed by atoms with E-state index in [2.05, 4.69) is 51.2 Å². The summed E-state index contributed by atoms with van der Waals surface area (Å²) in [5.41, 5.74) is 1.24. The topological polar surface area (TPSA) is 12.0 Å². The molecule has 0 heterocycles. The largest absolute Gasteiger partial charge is 0.383 e. The molecule has 0 amide bonds. The lowest BCUT2D eigenvalue weighted by atomic mass is 10.2. The van der Waals surface area contributed by atoms with Gasteiger partial charge >= 0.3 is 0 Å². The Morgan fingerprint density at radius 3 is 2.54 bits per heavy atom. The molecule has 13 heavy (non-hydrogen) atoms. The highest BCUT2D eigenvalue weighted by Crippen LogP contribution is 2.00. The van der Waals surface area contributed by atoms with Crippen LogP contribution in [0, 0.1) is 0 Å². The zero-order chi connectivity index (χ0) is 10.1. The molecule has 0 aliphatic carbocycles. The second-order valence-electron chi connectivity index (χ2n) is 3.39. The summed E-state index contributed by atoms with van der Waals surface area (Å²) < 4.78 is 0. The predicted molar refractivity (Wildman–Crippen MR) is 60.7 cm³/mol. The molecule has 0 aliphatic rings. The Morgan fingerprint density at radius 1 is 1.38 bits per heavy atom. The van der Waals surface area contributed by atoms with E-state index >= 15 is 0 Å². The second kappa shape index (κ2) is 7.90. The van der Waals surface area contributed by atoms with Gasteiger partial charge in [-0.3, -0.25) is 0 Å². The van der Waals surface area contributed by atoms with Gasteiger partial charge in [-0.2, -0.15) is 0 Å². The normalized spacial score (nSPS) is 14.9. The van der Waals surface area contributed by atoms with E-state index in [0.717, 1.165) is 6.42 Å². The van der Waals surface area contributed by atoms with Gasteiger partial charge in [0.1, 0.15) is 0 Å². The fraction of sp³-hybridized carbons (Fsp3) is 0.667. The van der Waals surface area contributed by atoms with E-state index in [1.807, 2.05) is 0 Å². The molecule has 0 saturated heterocycles. The van der Waals surface area contributed by atoms with Gasteiger partial charge < -0.3 is 5.32 Å². The van der Waals surface area contributed by atoms with Crippen LogP contribution in [0.5, 0.6) is 0 Å². The van der Waals surface area contributed by atoms with Crippen LogP contribution in [0.25, 0.3) is 0 Å². The Bertz CT molecular complexity index is 168. The van der Waals surface area contributed by atoms with E-state index in [9.17, 15) is 0 Å². The Morgan fingerprint density at radius 2 is 2.08 bits per heavy atom. The first-order valence-corrected chi connectivity index (χ1v) is 5.33. The molecule has 0 bridgehead atoms. The number of hydrogen-bond donors (Lipinski definition) is 1. The molecule has 0 aromatic rings. The van der Waals surface area contributed by atoms with Gasteiger partial charge in [-0.25, -0.2) is 0 Å². The van der Waals surface area contributed by atoms with Gasteiger partial charge in [-0.15, -0.1) is 0 Å². The van der Waals surface area contributed by atoms with Gasteiger partial charge in [0.15, 0.2) is 0 Å². The van der Waals surface area contributed by atoms with Crippen molar-refractivity contribution in [3.63, 3.8) is 0 Å². The Hall–Kier alpha value is -0.720. The van der Waals surface area contributed by atoms with Crippen molar-refractivity contribution in [3.8, 4) is 0 Å². The van der Waals surface area contributed by atoms with Crippen molar-refractivity contribution in [2.24, 2.45) is 0 Å². The zero-order valence-electron chi connectivity index (χ0n) is 9.43. The Kier molecular flexibility index (Phi) is 7.47. The predicted octanol–water partition coefficient (Wildman–Crippen LogP) is 3.63. The van der Waals surface area contributed by atoms with Crippen LogP contribution in [0.2, 0.25) is 0 Å². The van der Waals surface area contributed by atoms with Crippen molar-refractivity contribution < 1.29 is 0 Å². The van der Waals surface area contributed by atoms with Crippen LogP contribution in [0.3, 0.4) is 0 Å². The van der Waals surface area contributed by atoms with Crippen LogP contribution in [0.1, 0.15) is 47.0 Å². The molecule has 0 rings (SSSR count). The first kappa shape index (κ1) is 12.3. The fourth-order valence-corrected chi connectivity index (χ4v) is 1.26. The van der Waals surface area contributed by atoms with Crippen molar-refractivity contribution in [1.29, 1.82) is 0 Å². The maximum Gasteiger partial charge on any atom is 0.0295 e. The highest BCUT2D eigenvalue weighted by Gasteiger charge is 1.98. The summed E-state index contributed by atoms with van der Waals surface area (Å²) >= 11 is 0. The van der Waals surface area contributed by atoms with Gasteiger partial charge in [0.2, 0.25) is 0 Å². The highest BCUT2D eigenvalue weighted by atomic mass is 14.9. The molecule has 0 aromatic carbocycles. The molecule has 0 saturated carbocycles. The van der Waals surface area contributed by atoms with E-state index in [1.165, 1.54) is 18.5 Å². The third-order valence-corrected chi connectivity index (χ3v) is 1.98. The maximum atomic E-state index is 3.48. The Balaban J connectivity index is 3.91. The van der Waals surface area contributed by atoms with E-state index in [1.54, 1.807) is 0 Å². The number of allylic oxidation sites excluding steroid dienone is 3. The molecule has 76 valence electrons. The van der Waals surface area contributed by atoms with Crippen LogP contribution in [0.15, 0.2) is 23.9 Å². The molecular weight excluding hydrogens is 158 g/mol. The molecule has 1 N–H and O–H groups in total. The van der Waals surface area contributed by atoms with Crippen LogP contribution in [0.4, 0.5) is 0 Å². The Labute approximate surface area is 82.9 Å². The van der Waals surface area contributed by atoms with E-state index < -0.39 is 0 Å². The van der Waals surface area contributed by atoms with Gasteiger partial charge in [0.25, 0.3) is 0 Å². The molecule has 1 nitrogen and oxygen atoms in total. The lowest BCUT2D eigenvalue weighted by molar-refractivity contribution is 0.565. The summed E-state index contributed by atoms with van der Waals surface area (Å²) in [6, 6.07) is 0.581. The average molecular weight is 181 g/mol. The molecular formula is C12H23N. The molecule has 1 heteroatoms. The zero-order valence-corrected chi connectivity index (χ0v) is 9.43. The van der Waals surface area contributed by atoms with Crippen molar-refractivity contribution in [1.82, 2.24) is 5.32 Å². The third kappa shape index (κ3) is 6.44. The van der Waals surface area contributed by atoms with Gasteiger partial charge in [-0.05, 0) is 32.8 Å². The smallest absolute Gasteiger partial charge is 0.0295 e. The van der Waals surface area contributed by atoms with E-state index in [-0.39, 0.29) is 0 Å². The highest BCUT2D eigenvalue weighted by molar-refractivity contribution is 5.16. The summed E-state index contributed by atoms with van der Waals surface area (Å²) in [6.07, 6.45) is 10.0. The van der Waals surface area contributed by atoms with Crippen molar-refractivity contribution >= 4 is 0 Å².